The van der Waals surface area contributed by atoms with Gasteiger partial charge in [-0.2, -0.15) is 0 Å². The summed E-state index contributed by atoms with van der Waals surface area (Å²) in [6.07, 6.45) is 7.23. The molecule has 2 aliphatic rings. The zero-order chi connectivity index (χ0) is 13.5. The Balaban J connectivity index is 1.75. The second kappa shape index (κ2) is 4.78. The van der Waals surface area contributed by atoms with Crippen molar-refractivity contribution in [1.29, 1.82) is 0 Å². The Hall–Kier alpha value is -1.09. The fourth-order valence-electron chi connectivity index (χ4n) is 3.74. The topological polar surface area (TPSA) is 44.9 Å². The molecular weight excluding hydrogens is 236 g/mol. The summed E-state index contributed by atoms with van der Waals surface area (Å²) in [6, 6.07) is 4.75. The Kier molecular flexibility index (Phi) is 3.25. The highest BCUT2D eigenvalue weighted by Crippen LogP contribution is 2.39. The van der Waals surface area contributed by atoms with E-state index in [0.29, 0.717) is 17.5 Å². The Labute approximate surface area is 114 Å². The molecule has 1 aromatic rings. The SMILES string of the molecule is CC1(C)CCC(NC2CCCc3[nH]c(=O)ccc32)C1. The minimum Gasteiger partial charge on any atom is -0.326 e. The maximum atomic E-state index is 11.4. The molecule has 3 heteroatoms. The zero-order valence-electron chi connectivity index (χ0n) is 12.0. The van der Waals surface area contributed by atoms with Crippen molar-refractivity contribution in [2.75, 3.05) is 0 Å². The van der Waals surface area contributed by atoms with Crippen molar-refractivity contribution >= 4 is 0 Å². The Bertz CT molecular complexity index is 518. The number of H-pyrrole nitrogens is 1. The fraction of sp³-hybridized carbons (Fsp3) is 0.688. The van der Waals surface area contributed by atoms with Crippen molar-refractivity contribution in [3.05, 3.63) is 33.7 Å². The lowest BCUT2D eigenvalue weighted by Crippen LogP contribution is -2.34. The van der Waals surface area contributed by atoms with Crippen molar-refractivity contribution in [3.8, 4) is 0 Å². The first-order valence-corrected chi connectivity index (χ1v) is 7.52. The van der Waals surface area contributed by atoms with Gasteiger partial charge in [-0.1, -0.05) is 19.9 Å². The summed E-state index contributed by atoms with van der Waals surface area (Å²) in [5.74, 6) is 0. The van der Waals surface area contributed by atoms with E-state index >= 15 is 0 Å². The highest BCUT2D eigenvalue weighted by atomic mass is 16.1. The van der Waals surface area contributed by atoms with Gasteiger partial charge >= 0.3 is 0 Å². The molecule has 0 spiro atoms. The van der Waals surface area contributed by atoms with Crippen LogP contribution in [0.25, 0.3) is 0 Å². The first-order chi connectivity index (χ1) is 9.03. The maximum Gasteiger partial charge on any atom is 0.248 e. The van der Waals surface area contributed by atoms with Crippen LogP contribution in [0.3, 0.4) is 0 Å². The van der Waals surface area contributed by atoms with Crippen molar-refractivity contribution in [2.45, 2.75) is 64.5 Å². The third-order valence-electron chi connectivity index (χ3n) is 4.74. The highest BCUT2D eigenvalue weighted by molar-refractivity contribution is 5.26. The fourth-order valence-corrected chi connectivity index (χ4v) is 3.74. The van der Waals surface area contributed by atoms with Crippen LogP contribution in [0.5, 0.6) is 0 Å². The standard InChI is InChI=1S/C16H24N2O/c1-16(2)9-8-11(10-16)17-13-4-3-5-14-12(13)6-7-15(19)18-14/h6-7,11,13,17H,3-5,8-10H2,1-2H3,(H,18,19). The first kappa shape index (κ1) is 12.9. The monoisotopic (exact) mass is 260 g/mol. The lowest BCUT2D eigenvalue weighted by molar-refractivity contribution is 0.341. The summed E-state index contributed by atoms with van der Waals surface area (Å²) in [7, 11) is 0. The lowest BCUT2D eigenvalue weighted by atomic mass is 9.89. The minimum absolute atomic E-state index is 0.0291. The molecule has 2 unspecified atom stereocenters. The molecule has 0 aliphatic heterocycles. The molecule has 104 valence electrons. The summed E-state index contributed by atoms with van der Waals surface area (Å²) < 4.78 is 0. The van der Waals surface area contributed by atoms with Gasteiger partial charge in [-0.25, -0.2) is 0 Å². The molecule has 2 atom stereocenters. The van der Waals surface area contributed by atoms with E-state index in [1.807, 2.05) is 6.07 Å². The van der Waals surface area contributed by atoms with Crippen molar-refractivity contribution in [2.24, 2.45) is 5.41 Å². The molecule has 1 heterocycles. The smallest absolute Gasteiger partial charge is 0.248 e. The highest BCUT2D eigenvalue weighted by Gasteiger charge is 2.33. The van der Waals surface area contributed by atoms with E-state index in [0.717, 1.165) is 12.1 Å². The average Bonchev–Trinajstić information content (AvgIpc) is 2.68. The number of rotatable bonds is 2. The van der Waals surface area contributed by atoms with E-state index in [-0.39, 0.29) is 5.56 Å². The van der Waals surface area contributed by atoms with Crippen LogP contribution in [0.4, 0.5) is 0 Å². The van der Waals surface area contributed by atoms with Gasteiger partial charge in [0.05, 0.1) is 0 Å². The van der Waals surface area contributed by atoms with E-state index in [9.17, 15) is 4.79 Å². The zero-order valence-corrected chi connectivity index (χ0v) is 12.0. The van der Waals surface area contributed by atoms with Crippen LogP contribution >= 0.6 is 0 Å². The number of aromatic nitrogens is 1. The van der Waals surface area contributed by atoms with Gasteiger partial charge in [0.25, 0.3) is 0 Å². The molecule has 0 amide bonds. The largest absolute Gasteiger partial charge is 0.326 e. The number of pyridine rings is 1. The number of fused-ring (bicyclic) bond motifs is 1. The molecule has 3 nitrogen and oxygen atoms in total. The molecule has 19 heavy (non-hydrogen) atoms. The van der Waals surface area contributed by atoms with Gasteiger partial charge in [0.2, 0.25) is 5.56 Å². The third kappa shape index (κ3) is 2.76. The lowest BCUT2D eigenvalue weighted by Gasteiger charge is -2.29. The number of hydrogen-bond donors (Lipinski definition) is 2. The summed E-state index contributed by atoms with van der Waals surface area (Å²) in [5.41, 5.74) is 2.98. The third-order valence-corrected chi connectivity index (χ3v) is 4.74. The van der Waals surface area contributed by atoms with Gasteiger partial charge in [0.15, 0.2) is 0 Å². The van der Waals surface area contributed by atoms with Crippen molar-refractivity contribution in [3.63, 3.8) is 0 Å². The molecule has 0 radical (unpaired) electrons. The Morgan fingerprint density at radius 1 is 1.32 bits per heavy atom. The number of nitrogens with one attached hydrogen (secondary N) is 2. The van der Waals surface area contributed by atoms with Crippen LogP contribution < -0.4 is 10.9 Å². The Morgan fingerprint density at radius 2 is 2.16 bits per heavy atom. The van der Waals surface area contributed by atoms with Gasteiger partial charge in [-0.05, 0) is 49.5 Å². The van der Waals surface area contributed by atoms with E-state index in [4.69, 9.17) is 0 Å². The molecule has 0 saturated heterocycles. The van der Waals surface area contributed by atoms with Crippen molar-refractivity contribution < 1.29 is 0 Å². The molecule has 0 aromatic carbocycles. The number of hydrogen-bond acceptors (Lipinski definition) is 2. The van der Waals surface area contributed by atoms with Crippen LogP contribution in [-0.2, 0) is 6.42 Å². The average molecular weight is 260 g/mol. The predicted molar refractivity (Wildman–Crippen MR) is 77.3 cm³/mol. The van der Waals surface area contributed by atoms with Crippen LogP contribution in [0, 0.1) is 5.41 Å². The molecule has 1 fully saturated rings. The van der Waals surface area contributed by atoms with E-state index in [1.54, 1.807) is 6.07 Å². The van der Waals surface area contributed by atoms with Crippen molar-refractivity contribution in [1.82, 2.24) is 10.3 Å². The Morgan fingerprint density at radius 3 is 2.89 bits per heavy atom. The number of aromatic amines is 1. The van der Waals surface area contributed by atoms with Crippen LogP contribution in [0.2, 0.25) is 0 Å². The second-order valence-corrected chi connectivity index (χ2v) is 6.97. The molecule has 3 rings (SSSR count). The van der Waals surface area contributed by atoms with E-state index < -0.39 is 0 Å². The predicted octanol–water partition coefficient (Wildman–Crippen LogP) is 2.92. The summed E-state index contributed by atoms with van der Waals surface area (Å²) in [6.45, 7) is 4.72. The molecule has 0 bridgehead atoms. The maximum absolute atomic E-state index is 11.4. The molecular formula is C16H24N2O. The van der Waals surface area contributed by atoms with E-state index in [2.05, 4.69) is 24.1 Å². The second-order valence-electron chi connectivity index (χ2n) is 6.97. The quantitative estimate of drug-likeness (QED) is 0.858. The van der Waals surface area contributed by atoms with E-state index in [1.165, 1.54) is 37.7 Å². The van der Waals surface area contributed by atoms with Crippen LogP contribution in [0.15, 0.2) is 16.9 Å². The van der Waals surface area contributed by atoms with Crippen LogP contribution in [-0.4, -0.2) is 11.0 Å². The van der Waals surface area contributed by atoms with Gasteiger partial charge in [-0.3, -0.25) is 4.79 Å². The van der Waals surface area contributed by atoms with Gasteiger partial charge in [-0.15, -0.1) is 0 Å². The summed E-state index contributed by atoms with van der Waals surface area (Å²) >= 11 is 0. The molecule has 1 saturated carbocycles. The van der Waals surface area contributed by atoms with Crippen LogP contribution in [0.1, 0.15) is 63.3 Å². The number of aryl methyl sites for hydroxylation is 1. The molecule has 1 aromatic heterocycles. The molecule has 2 aliphatic carbocycles. The first-order valence-electron chi connectivity index (χ1n) is 7.52. The van der Waals surface area contributed by atoms with Gasteiger partial charge in [0, 0.05) is 23.8 Å². The minimum atomic E-state index is 0.0291. The van der Waals surface area contributed by atoms with Gasteiger partial charge < -0.3 is 10.3 Å². The normalized spacial score (nSPS) is 29.2. The summed E-state index contributed by atoms with van der Waals surface area (Å²) in [4.78, 5) is 14.4. The molecule has 2 N–H and O–H groups in total. The summed E-state index contributed by atoms with van der Waals surface area (Å²) in [5, 5.41) is 3.83. The van der Waals surface area contributed by atoms with Gasteiger partial charge in [0.1, 0.15) is 0 Å².